The molecule has 2 N–H and O–H groups in total. The summed E-state index contributed by atoms with van der Waals surface area (Å²) in [6.45, 7) is 0. The van der Waals surface area contributed by atoms with Gasteiger partial charge in [-0.2, -0.15) is 10.1 Å². The molecule has 1 aromatic heterocycles. The lowest BCUT2D eigenvalue weighted by Crippen LogP contribution is -2.08. The van der Waals surface area contributed by atoms with Crippen LogP contribution in [0.4, 0.5) is 5.95 Å². The highest BCUT2D eigenvalue weighted by atomic mass is 16.1. The van der Waals surface area contributed by atoms with E-state index in [1.165, 1.54) is 12.4 Å². The van der Waals surface area contributed by atoms with Crippen LogP contribution in [0.3, 0.4) is 0 Å². The number of aromatic amines is 1. The molecular weight excluding hydrogens is 204 g/mol. The Balaban J connectivity index is 1.95. The Kier molecular flexibility index (Phi) is 3.08. The second kappa shape index (κ2) is 4.88. The summed E-state index contributed by atoms with van der Waals surface area (Å²) in [6, 6.07) is 9.57. The highest BCUT2D eigenvalue weighted by Gasteiger charge is 1.98. The number of rotatable bonds is 3. The molecule has 0 fully saturated rings. The maximum Gasteiger partial charge on any atom is 0.250 e. The molecular formula is C11H10N4O. The summed E-state index contributed by atoms with van der Waals surface area (Å²) in [4.78, 5) is 15.2. The lowest BCUT2D eigenvalue weighted by atomic mass is 10.2. The fraction of sp³-hybridized carbons (Fsp3) is 0. The smallest absolute Gasteiger partial charge is 0.250 e. The Morgan fingerprint density at radius 2 is 2.12 bits per heavy atom. The number of carbonyl (C=O) groups is 1. The van der Waals surface area contributed by atoms with Gasteiger partial charge in [0.25, 0.3) is 5.91 Å². The fourth-order valence-corrected chi connectivity index (χ4v) is 1.16. The molecule has 0 aliphatic heterocycles. The topological polar surface area (TPSA) is 70.7 Å². The molecule has 2 aromatic rings. The number of H-pyrrole nitrogens is 1. The Hall–Kier alpha value is -2.43. The van der Waals surface area contributed by atoms with E-state index >= 15 is 0 Å². The first-order chi connectivity index (χ1) is 7.84. The van der Waals surface area contributed by atoms with Gasteiger partial charge in [-0.1, -0.05) is 30.3 Å². The van der Waals surface area contributed by atoms with Crippen molar-refractivity contribution in [1.29, 1.82) is 0 Å². The van der Waals surface area contributed by atoms with Crippen molar-refractivity contribution in [3.05, 3.63) is 48.3 Å². The average molecular weight is 214 g/mol. The summed E-state index contributed by atoms with van der Waals surface area (Å²) in [5.74, 6) is 0.0864. The Labute approximate surface area is 92.2 Å². The summed E-state index contributed by atoms with van der Waals surface area (Å²) in [5, 5.41) is 8.70. The standard InChI is InChI=1S/C11H10N4O/c16-10(14-11-12-8-13-15-11)7-6-9-4-2-1-3-5-9/h1-8H,(H2,12,13,14,15,16). The largest absolute Gasteiger partial charge is 0.291 e. The molecule has 0 atom stereocenters. The third kappa shape index (κ3) is 2.78. The van der Waals surface area contributed by atoms with Crippen LogP contribution in [0.2, 0.25) is 0 Å². The fourth-order valence-electron chi connectivity index (χ4n) is 1.16. The molecule has 0 unspecified atom stereocenters. The molecule has 0 spiro atoms. The number of amides is 1. The molecule has 0 radical (unpaired) electrons. The molecule has 0 saturated carbocycles. The molecule has 0 aliphatic carbocycles. The van der Waals surface area contributed by atoms with E-state index in [9.17, 15) is 4.79 Å². The minimum atomic E-state index is -0.249. The second-order valence-electron chi connectivity index (χ2n) is 3.07. The van der Waals surface area contributed by atoms with Crippen LogP contribution in [0, 0.1) is 0 Å². The van der Waals surface area contributed by atoms with Crippen LogP contribution < -0.4 is 5.32 Å². The number of benzene rings is 1. The minimum absolute atomic E-state index is 0.249. The zero-order valence-corrected chi connectivity index (χ0v) is 8.42. The van der Waals surface area contributed by atoms with E-state index in [1.807, 2.05) is 30.3 Å². The van der Waals surface area contributed by atoms with Crippen LogP contribution in [0.1, 0.15) is 5.56 Å². The number of hydrogen-bond acceptors (Lipinski definition) is 3. The zero-order valence-electron chi connectivity index (χ0n) is 8.42. The molecule has 0 bridgehead atoms. The number of carbonyl (C=O) groups excluding carboxylic acids is 1. The molecule has 5 heteroatoms. The van der Waals surface area contributed by atoms with Gasteiger partial charge in [0.2, 0.25) is 5.95 Å². The number of hydrogen-bond donors (Lipinski definition) is 2. The van der Waals surface area contributed by atoms with Crippen molar-refractivity contribution < 1.29 is 4.79 Å². The third-order valence-corrected chi connectivity index (χ3v) is 1.88. The molecule has 2 rings (SSSR count). The lowest BCUT2D eigenvalue weighted by Gasteiger charge is -1.95. The van der Waals surface area contributed by atoms with Gasteiger partial charge in [0, 0.05) is 6.08 Å². The highest BCUT2D eigenvalue weighted by molar-refractivity contribution is 6.00. The molecule has 0 aliphatic rings. The summed E-state index contributed by atoms with van der Waals surface area (Å²) in [5.41, 5.74) is 0.968. The van der Waals surface area contributed by atoms with Gasteiger partial charge >= 0.3 is 0 Å². The van der Waals surface area contributed by atoms with E-state index in [-0.39, 0.29) is 5.91 Å². The van der Waals surface area contributed by atoms with Gasteiger partial charge in [0.05, 0.1) is 0 Å². The SMILES string of the molecule is O=C(C=Cc1ccccc1)Nc1ncn[nH]1. The average Bonchev–Trinajstić information content (AvgIpc) is 2.81. The van der Waals surface area contributed by atoms with Crippen LogP contribution in [0.15, 0.2) is 42.7 Å². The van der Waals surface area contributed by atoms with E-state index < -0.39 is 0 Å². The zero-order chi connectivity index (χ0) is 11.2. The van der Waals surface area contributed by atoms with Crippen LogP contribution in [0.25, 0.3) is 6.08 Å². The van der Waals surface area contributed by atoms with Gasteiger partial charge in [-0.3, -0.25) is 10.1 Å². The normalized spacial score (nSPS) is 10.5. The molecule has 1 amide bonds. The number of anilines is 1. The summed E-state index contributed by atoms with van der Waals surface area (Å²) < 4.78 is 0. The van der Waals surface area contributed by atoms with Crippen molar-refractivity contribution in [3.63, 3.8) is 0 Å². The maximum atomic E-state index is 11.4. The van der Waals surface area contributed by atoms with Crippen molar-refractivity contribution in [3.8, 4) is 0 Å². The maximum absolute atomic E-state index is 11.4. The first kappa shape index (κ1) is 10.1. The van der Waals surface area contributed by atoms with E-state index in [0.29, 0.717) is 5.95 Å². The van der Waals surface area contributed by atoms with Crippen LogP contribution in [0.5, 0.6) is 0 Å². The van der Waals surface area contributed by atoms with Crippen molar-refractivity contribution in [2.45, 2.75) is 0 Å². The molecule has 80 valence electrons. The minimum Gasteiger partial charge on any atom is -0.291 e. The number of nitrogens with one attached hydrogen (secondary N) is 2. The quantitative estimate of drug-likeness (QED) is 0.760. The Morgan fingerprint density at radius 1 is 1.31 bits per heavy atom. The highest BCUT2D eigenvalue weighted by Crippen LogP contribution is 2.01. The summed E-state index contributed by atoms with van der Waals surface area (Å²) >= 11 is 0. The molecule has 16 heavy (non-hydrogen) atoms. The monoisotopic (exact) mass is 214 g/mol. The van der Waals surface area contributed by atoms with E-state index in [2.05, 4.69) is 20.5 Å². The molecule has 0 saturated heterocycles. The second-order valence-corrected chi connectivity index (χ2v) is 3.07. The number of aromatic nitrogens is 3. The van der Waals surface area contributed by atoms with Crippen molar-refractivity contribution in [2.24, 2.45) is 0 Å². The lowest BCUT2D eigenvalue weighted by molar-refractivity contribution is -0.111. The van der Waals surface area contributed by atoms with Gasteiger partial charge in [0.1, 0.15) is 6.33 Å². The molecule has 5 nitrogen and oxygen atoms in total. The third-order valence-electron chi connectivity index (χ3n) is 1.88. The van der Waals surface area contributed by atoms with Gasteiger partial charge < -0.3 is 0 Å². The first-order valence-electron chi connectivity index (χ1n) is 4.74. The predicted molar refractivity (Wildman–Crippen MR) is 60.5 cm³/mol. The van der Waals surface area contributed by atoms with E-state index in [4.69, 9.17) is 0 Å². The Bertz CT molecular complexity index is 476. The summed E-state index contributed by atoms with van der Waals surface area (Å²) in [7, 11) is 0. The van der Waals surface area contributed by atoms with Crippen molar-refractivity contribution in [2.75, 3.05) is 5.32 Å². The molecule has 1 aromatic carbocycles. The first-order valence-corrected chi connectivity index (χ1v) is 4.74. The van der Waals surface area contributed by atoms with Crippen LogP contribution in [-0.4, -0.2) is 21.1 Å². The van der Waals surface area contributed by atoms with Gasteiger partial charge in [-0.15, -0.1) is 0 Å². The van der Waals surface area contributed by atoms with Crippen molar-refractivity contribution >= 4 is 17.9 Å². The predicted octanol–water partition coefficient (Wildman–Crippen LogP) is 1.46. The summed E-state index contributed by atoms with van der Waals surface area (Å²) in [6.07, 6.45) is 4.50. The van der Waals surface area contributed by atoms with Crippen molar-refractivity contribution in [1.82, 2.24) is 15.2 Å². The number of nitrogens with zero attached hydrogens (tertiary/aromatic N) is 2. The van der Waals surface area contributed by atoms with E-state index in [1.54, 1.807) is 6.08 Å². The van der Waals surface area contributed by atoms with E-state index in [0.717, 1.165) is 5.56 Å². The van der Waals surface area contributed by atoms with Crippen LogP contribution in [-0.2, 0) is 4.79 Å². The van der Waals surface area contributed by atoms with Gasteiger partial charge in [0.15, 0.2) is 0 Å². The molecule has 1 heterocycles. The van der Waals surface area contributed by atoms with Gasteiger partial charge in [-0.05, 0) is 11.6 Å². The van der Waals surface area contributed by atoms with Gasteiger partial charge in [-0.25, -0.2) is 5.10 Å². The Morgan fingerprint density at radius 3 is 2.81 bits per heavy atom. The van der Waals surface area contributed by atoms with Crippen LogP contribution >= 0.6 is 0 Å².